The van der Waals surface area contributed by atoms with E-state index >= 15 is 0 Å². The van der Waals surface area contributed by atoms with Gasteiger partial charge in [0.2, 0.25) is 0 Å². The molecular weight excluding hydrogens is 200 g/mol. The van der Waals surface area contributed by atoms with Crippen molar-refractivity contribution in [1.29, 1.82) is 0 Å². The number of aromatic nitrogens is 1. The average Bonchev–Trinajstić information content (AvgIpc) is 2.62. The predicted molar refractivity (Wildman–Crippen MR) is 54.1 cm³/mol. The molecule has 0 aromatic carbocycles. The van der Waals surface area contributed by atoms with E-state index in [1.807, 2.05) is 17.2 Å². The normalized spacial score (nSPS) is 28.5. The standard InChI is InChI=1S/C9H14N2O2S/c1-6-10-7(5-14-6)2-11-3-8(12)9(13)4-11/h5,8-9,12-13H,2-4H2,1H3/t8-,9+. The van der Waals surface area contributed by atoms with Crippen LogP contribution in [0, 0.1) is 6.92 Å². The summed E-state index contributed by atoms with van der Waals surface area (Å²) in [5, 5.41) is 21.8. The summed E-state index contributed by atoms with van der Waals surface area (Å²) in [7, 11) is 0. The molecule has 0 saturated carbocycles. The minimum Gasteiger partial charge on any atom is -0.389 e. The van der Waals surface area contributed by atoms with E-state index in [1.54, 1.807) is 11.3 Å². The summed E-state index contributed by atoms with van der Waals surface area (Å²) in [4.78, 5) is 6.36. The van der Waals surface area contributed by atoms with E-state index in [2.05, 4.69) is 4.98 Å². The zero-order valence-corrected chi connectivity index (χ0v) is 8.87. The van der Waals surface area contributed by atoms with Crippen LogP contribution in [0.1, 0.15) is 10.7 Å². The number of rotatable bonds is 2. The van der Waals surface area contributed by atoms with E-state index < -0.39 is 12.2 Å². The van der Waals surface area contributed by atoms with E-state index in [4.69, 9.17) is 0 Å². The molecule has 0 spiro atoms. The molecule has 0 amide bonds. The Morgan fingerprint density at radius 1 is 1.50 bits per heavy atom. The van der Waals surface area contributed by atoms with Crippen molar-refractivity contribution in [2.24, 2.45) is 0 Å². The second kappa shape index (κ2) is 3.94. The molecule has 2 heterocycles. The van der Waals surface area contributed by atoms with Gasteiger partial charge in [-0.15, -0.1) is 11.3 Å². The first-order chi connectivity index (χ1) is 6.65. The first kappa shape index (κ1) is 10.0. The van der Waals surface area contributed by atoms with Crippen LogP contribution in [0.3, 0.4) is 0 Å². The Hall–Kier alpha value is -0.490. The molecule has 4 nitrogen and oxygen atoms in total. The van der Waals surface area contributed by atoms with Gasteiger partial charge in [-0.25, -0.2) is 4.98 Å². The number of hydrogen-bond acceptors (Lipinski definition) is 5. The quantitative estimate of drug-likeness (QED) is 0.727. The van der Waals surface area contributed by atoms with Crippen molar-refractivity contribution in [2.45, 2.75) is 25.7 Å². The van der Waals surface area contributed by atoms with E-state index in [9.17, 15) is 10.2 Å². The summed E-state index contributed by atoms with van der Waals surface area (Å²) in [6, 6.07) is 0. The van der Waals surface area contributed by atoms with Gasteiger partial charge in [0.1, 0.15) is 0 Å². The maximum atomic E-state index is 9.34. The van der Waals surface area contributed by atoms with Crippen LogP contribution in [0.4, 0.5) is 0 Å². The van der Waals surface area contributed by atoms with Crippen molar-refractivity contribution in [1.82, 2.24) is 9.88 Å². The minimum atomic E-state index is -0.602. The van der Waals surface area contributed by atoms with Crippen molar-refractivity contribution in [3.8, 4) is 0 Å². The van der Waals surface area contributed by atoms with Crippen LogP contribution in [0.2, 0.25) is 0 Å². The van der Waals surface area contributed by atoms with Crippen LogP contribution >= 0.6 is 11.3 Å². The first-order valence-corrected chi connectivity index (χ1v) is 5.52. The van der Waals surface area contributed by atoms with Crippen molar-refractivity contribution in [3.05, 3.63) is 16.1 Å². The zero-order chi connectivity index (χ0) is 10.1. The van der Waals surface area contributed by atoms with Gasteiger partial charge in [0.05, 0.1) is 22.9 Å². The van der Waals surface area contributed by atoms with Crippen molar-refractivity contribution in [3.63, 3.8) is 0 Å². The third-order valence-corrected chi connectivity index (χ3v) is 3.21. The number of aryl methyl sites for hydroxylation is 1. The lowest BCUT2D eigenvalue weighted by Gasteiger charge is -2.11. The minimum absolute atomic E-state index is 0.539. The van der Waals surface area contributed by atoms with Gasteiger partial charge >= 0.3 is 0 Å². The number of β-amino-alcohol motifs (C(OH)–C–C–N with tert-alkyl or cyclic N) is 2. The number of aliphatic hydroxyl groups excluding tert-OH is 2. The van der Waals surface area contributed by atoms with Crippen molar-refractivity contribution < 1.29 is 10.2 Å². The molecule has 2 rings (SSSR count). The summed E-state index contributed by atoms with van der Waals surface area (Å²) in [6.07, 6.45) is -1.20. The van der Waals surface area contributed by atoms with Crippen LogP contribution in [0.5, 0.6) is 0 Å². The van der Waals surface area contributed by atoms with Gasteiger partial charge < -0.3 is 10.2 Å². The lowest BCUT2D eigenvalue weighted by Crippen LogP contribution is -2.22. The third-order valence-electron chi connectivity index (χ3n) is 2.39. The fraction of sp³-hybridized carbons (Fsp3) is 0.667. The second-order valence-electron chi connectivity index (χ2n) is 3.69. The van der Waals surface area contributed by atoms with E-state index in [-0.39, 0.29) is 0 Å². The molecular formula is C9H14N2O2S. The number of hydrogen-bond donors (Lipinski definition) is 2. The molecule has 1 aromatic heterocycles. The molecule has 2 atom stereocenters. The molecule has 78 valence electrons. The highest BCUT2D eigenvalue weighted by Gasteiger charge is 2.29. The summed E-state index contributed by atoms with van der Waals surface area (Å²) < 4.78 is 0. The largest absolute Gasteiger partial charge is 0.389 e. The Labute approximate surface area is 86.8 Å². The fourth-order valence-corrected chi connectivity index (χ4v) is 2.29. The molecule has 14 heavy (non-hydrogen) atoms. The highest BCUT2D eigenvalue weighted by Crippen LogP contribution is 2.15. The Bertz CT molecular complexity index is 306. The molecule has 0 bridgehead atoms. The maximum absolute atomic E-state index is 9.34. The smallest absolute Gasteiger partial charge is 0.0938 e. The van der Waals surface area contributed by atoms with Gasteiger partial charge in [0, 0.05) is 25.0 Å². The molecule has 0 unspecified atom stereocenters. The van der Waals surface area contributed by atoms with Crippen LogP contribution in [0.15, 0.2) is 5.38 Å². The zero-order valence-electron chi connectivity index (χ0n) is 8.05. The topological polar surface area (TPSA) is 56.6 Å². The molecule has 5 heteroatoms. The van der Waals surface area contributed by atoms with E-state index in [0.29, 0.717) is 13.1 Å². The lowest BCUT2D eigenvalue weighted by molar-refractivity contribution is 0.0572. The van der Waals surface area contributed by atoms with Crippen LogP contribution in [-0.2, 0) is 6.54 Å². The number of thiazole rings is 1. The number of nitrogens with zero attached hydrogens (tertiary/aromatic N) is 2. The number of likely N-dealkylation sites (tertiary alicyclic amines) is 1. The fourth-order valence-electron chi connectivity index (χ4n) is 1.69. The Kier molecular flexibility index (Phi) is 2.83. The lowest BCUT2D eigenvalue weighted by atomic mass is 10.3. The van der Waals surface area contributed by atoms with Gasteiger partial charge in [-0.2, -0.15) is 0 Å². The number of aliphatic hydroxyl groups is 2. The molecule has 0 aliphatic carbocycles. The van der Waals surface area contributed by atoms with E-state index in [1.165, 1.54) is 0 Å². The maximum Gasteiger partial charge on any atom is 0.0938 e. The Morgan fingerprint density at radius 3 is 2.64 bits per heavy atom. The van der Waals surface area contributed by atoms with Gasteiger partial charge in [-0.05, 0) is 6.92 Å². The Morgan fingerprint density at radius 2 is 2.14 bits per heavy atom. The monoisotopic (exact) mass is 214 g/mol. The molecule has 1 fully saturated rings. The molecule has 1 aromatic rings. The SMILES string of the molecule is Cc1nc(CN2C[C@@H](O)[C@@H](O)C2)cs1. The summed E-state index contributed by atoms with van der Waals surface area (Å²) in [6.45, 7) is 3.77. The predicted octanol–water partition coefficient (Wildman–Crippen LogP) is -0.0111. The molecule has 0 radical (unpaired) electrons. The molecule has 1 aliphatic rings. The van der Waals surface area contributed by atoms with Crippen LogP contribution in [0.25, 0.3) is 0 Å². The van der Waals surface area contributed by atoms with Gasteiger partial charge in [0.25, 0.3) is 0 Å². The van der Waals surface area contributed by atoms with Crippen molar-refractivity contribution >= 4 is 11.3 Å². The summed E-state index contributed by atoms with van der Waals surface area (Å²) in [5.74, 6) is 0. The Balaban J connectivity index is 1.93. The average molecular weight is 214 g/mol. The molecule has 1 saturated heterocycles. The van der Waals surface area contributed by atoms with Crippen LogP contribution < -0.4 is 0 Å². The van der Waals surface area contributed by atoms with Gasteiger partial charge in [0.15, 0.2) is 0 Å². The summed E-state index contributed by atoms with van der Waals surface area (Å²) >= 11 is 1.63. The summed E-state index contributed by atoms with van der Waals surface area (Å²) in [5.41, 5.74) is 1.02. The van der Waals surface area contributed by atoms with Crippen molar-refractivity contribution in [2.75, 3.05) is 13.1 Å². The molecule has 1 aliphatic heterocycles. The third kappa shape index (κ3) is 2.12. The van der Waals surface area contributed by atoms with Crippen LogP contribution in [-0.4, -0.2) is 45.4 Å². The second-order valence-corrected chi connectivity index (χ2v) is 4.75. The van der Waals surface area contributed by atoms with Gasteiger partial charge in [-0.3, -0.25) is 4.90 Å². The van der Waals surface area contributed by atoms with Gasteiger partial charge in [-0.1, -0.05) is 0 Å². The first-order valence-electron chi connectivity index (χ1n) is 4.64. The molecule has 2 N–H and O–H groups in total. The highest BCUT2D eigenvalue weighted by molar-refractivity contribution is 7.09. The highest BCUT2D eigenvalue weighted by atomic mass is 32.1. The van der Waals surface area contributed by atoms with E-state index in [0.717, 1.165) is 17.2 Å².